The van der Waals surface area contributed by atoms with Crippen molar-refractivity contribution in [2.75, 3.05) is 12.4 Å². The fourth-order valence-electron chi connectivity index (χ4n) is 5.84. The Morgan fingerprint density at radius 3 is 2.16 bits per heavy atom. The second-order valence-corrected chi connectivity index (χ2v) is 11.6. The molecule has 3 N–H and O–H groups in total. The number of carboxylic acid groups (broad SMARTS) is 2. The van der Waals surface area contributed by atoms with Gasteiger partial charge in [0.1, 0.15) is 11.9 Å². The van der Waals surface area contributed by atoms with E-state index in [9.17, 15) is 38.6 Å². The Labute approximate surface area is 325 Å². The van der Waals surface area contributed by atoms with Gasteiger partial charge in [-0.15, -0.1) is 0 Å². The van der Waals surface area contributed by atoms with Crippen LogP contribution in [-0.4, -0.2) is 63.7 Å². The van der Waals surface area contributed by atoms with Crippen molar-refractivity contribution in [2.45, 2.75) is 57.0 Å². The molecule has 1 aliphatic carbocycles. The fourth-order valence-corrected chi connectivity index (χ4v) is 5.84. The van der Waals surface area contributed by atoms with Crippen molar-refractivity contribution in [2.24, 2.45) is 0 Å². The molecule has 15 heteroatoms. The number of anilines is 1. The number of nitrogens with zero attached hydrogens (tertiary/aromatic N) is 2. The zero-order chi connectivity index (χ0) is 33.7. The van der Waals surface area contributed by atoms with Gasteiger partial charge in [0.15, 0.2) is 0 Å². The number of carbonyl (C=O) groups excluding carboxylic acids is 5. The molecule has 244 valence electrons. The monoisotopic (exact) mass is 687 g/mol. The molecule has 3 aromatic carbocycles. The maximum absolute atomic E-state index is 14.7. The van der Waals surface area contributed by atoms with Crippen LogP contribution in [0.1, 0.15) is 85.5 Å². The number of aromatic amines is 1. The first kappa shape index (κ1) is 39.8. The van der Waals surface area contributed by atoms with Crippen LogP contribution in [0.3, 0.4) is 0 Å². The second kappa shape index (κ2) is 17.9. The summed E-state index contributed by atoms with van der Waals surface area (Å²) >= 11 is 0. The van der Waals surface area contributed by atoms with Crippen molar-refractivity contribution in [1.82, 2.24) is 20.2 Å². The van der Waals surface area contributed by atoms with E-state index >= 15 is 0 Å². The number of hydrogen-bond donors (Lipinski definition) is 3. The first-order valence-electron chi connectivity index (χ1n) is 15.2. The summed E-state index contributed by atoms with van der Waals surface area (Å²) in [4.78, 5) is 73.2. The number of halogens is 1. The van der Waals surface area contributed by atoms with Crippen molar-refractivity contribution in [3.05, 3.63) is 94.6 Å². The number of H-pyrrole nitrogens is 1. The first-order valence-corrected chi connectivity index (χ1v) is 15.2. The van der Waals surface area contributed by atoms with E-state index in [4.69, 9.17) is 0 Å². The maximum atomic E-state index is 14.7. The fraction of sp³-hybridized carbons (Fsp3) is 0.294. The van der Waals surface area contributed by atoms with E-state index in [0.29, 0.717) is 11.0 Å². The Morgan fingerprint density at radius 2 is 1.55 bits per heavy atom. The van der Waals surface area contributed by atoms with Gasteiger partial charge in [-0.1, -0.05) is 43.9 Å². The number of fused-ring (bicyclic) bond motifs is 1. The quantitative estimate of drug-likeness (QED) is 0.112. The average molecular weight is 688 g/mol. The Hall–Kier alpha value is -3.59. The summed E-state index contributed by atoms with van der Waals surface area (Å²) in [6.07, 6.45) is 6.89. The second-order valence-electron chi connectivity index (χ2n) is 11.6. The third kappa shape index (κ3) is 9.77. The van der Waals surface area contributed by atoms with Gasteiger partial charge in [0.05, 0.1) is 40.4 Å². The van der Waals surface area contributed by atoms with Gasteiger partial charge in [-0.3, -0.25) is 14.4 Å². The minimum absolute atomic E-state index is 0. The largest absolute Gasteiger partial charge is 1.00 e. The van der Waals surface area contributed by atoms with E-state index in [2.05, 4.69) is 20.6 Å². The SMILES string of the molecule is CN(C(=O)c1cc2[nH]cnc2cc1C(=O)NC(Cc1ccccc1F)C(=O)Nc1cc(C(=O)[O-])cc(C(=O)[O-])c1)C1CCCCCC1.[Na+].[Na+]. The minimum Gasteiger partial charge on any atom is -0.545 e. The predicted octanol–water partition coefficient (Wildman–Crippen LogP) is -3.79. The predicted molar refractivity (Wildman–Crippen MR) is 165 cm³/mol. The molecular weight excluding hydrogens is 655 g/mol. The molecule has 1 heterocycles. The summed E-state index contributed by atoms with van der Waals surface area (Å²) < 4.78 is 14.7. The van der Waals surface area contributed by atoms with Crippen LogP contribution in [0.4, 0.5) is 10.1 Å². The van der Waals surface area contributed by atoms with Crippen LogP contribution in [0.2, 0.25) is 0 Å². The number of hydrogen-bond acceptors (Lipinski definition) is 8. The van der Waals surface area contributed by atoms with Crippen molar-refractivity contribution >= 4 is 46.4 Å². The molecule has 1 unspecified atom stereocenters. The van der Waals surface area contributed by atoms with Crippen LogP contribution in [0.25, 0.3) is 11.0 Å². The molecule has 0 spiro atoms. The van der Waals surface area contributed by atoms with E-state index in [1.54, 1.807) is 18.0 Å². The van der Waals surface area contributed by atoms with Gasteiger partial charge < -0.3 is 40.3 Å². The third-order valence-corrected chi connectivity index (χ3v) is 8.40. The summed E-state index contributed by atoms with van der Waals surface area (Å²) in [5.74, 6) is -6.15. The number of amides is 3. The normalized spacial score (nSPS) is 13.6. The number of aromatic carboxylic acids is 2. The van der Waals surface area contributed by atoms with Gasteiger partial charge in [-0.25, -0.2) is 9.37 Å². The Bertz CT molecular complexity index is 1830. The average Bonchev–Trinajstić information content (AvgIpc) is 3.34. The van der Waals surface area contributed by atoms with Crippen LogP contribution in [0, 0.1) is 5.82 Å². The first-order chi connectivity index (χ1) is 22.5. The van der Waals surface area contributed by atoms with Crippen molar-refractivity contribution in [3.63, 3.8) is 0 Å². The Morgan fingerprint density at radius 1 is 0.918 bits per heavy atom. The van der Waals surface area contributed by atoms with E-state index in [1.807, 2.05) is 0 Å². The molecule has 12 nitrogen and oxygen atoms in total. The molecule has 5 rings (SSSR count). The van der Waals surface area contributed by atoms with E-state index in [-0.39, 0.29) is 99.9 Å². The molecule has 1 fully saturated rings. The molecule has 1 saturated carbocycles. The molecule has 1 aromatic heterocycles. The van der Waals surface area contributed by atoms with Gasteiger partial charge in [0, 0.05) is 25.2 Å². The van der Waals surface area contributed by atoms with Gasteiger partial charge in [-0.05, 0) is 65.9 Å². The molecule has 0 aliphatic heterocycles. The van der Waals surface area contributed by atoms with Crippen molar-refractivity contribution in [3.8, 4) is 0 Å². The molecule has 0 bridgehead atoms. The number of nitrogens with one attached hydrogen (secondary N) is 3. The Kier molecular flexibility index (Phi) is 14.5. The van der Waals surface area contributed by atoms with Crippen LogP contribution < -0.4 is 80.0 Å². The van der Waals surface area contributed by atoms with Crippen molar-refractivity contribution in [1.29, 1.82) is 0 Å². The molecule has 4 aromatic rings. The summed E-state index contributed by atoms with van der Waals surface area (Å²) in [7, 11) is 1.70. The van der Waals surface area contributed by atoms with Gasteiger partial charge in [-0.2, -0.15) is 0 Å². The number of aromatic nitrogens is 2. The molecule has 0 saturated heterocycles. The van der Waals surface area contributed by atoms with E-state index in [0.717, 1.165) is 56.7 Å². The van der Waals surface area contributed by atoms with E-state index < -0.39 is 46.7 Å². The van der Waals surface area contributed by atoms with Crippen LogP contribution >= 0.6 is 0 Å². The van der Waals surface area contributed by atoms with Crippen LogP contribution in [0.15, 0.2) is 60.9 Å². The Balaban J connectivity index is 0.00000325. The number of carboxylic acids is 2. The molecular formula is C34H32FN5Na2O7. The van der Waals surface area contributed by atoms with Crippen LogP contribution in [0.5, 0.6) is 0 Å². The summed E-state index contributed by atoms with van der Waals surface area (Å²) in [6, 6.07) is 9.89. The smallest absolute Gasteiger partial charge is 0.545 e. The number of benzene rings is 3. The zero-order valence-electron chi connectivity index (χ0n) is 27.5. The van der Waals surface area contributed by atoms with E-state index in [1.165, 1.54) is 36.7 Å². The molecule has 1 aliphatic rings. The summed E-state index contributed by atoms with van der Waals surface area (Å²) in [6.45, 7) is 0. The molecule has 49 heavy (non-hydrogen) atoms. The minimum atomic E-state index is -1.69. The molecule has 3 amide bonds. The summed E-state index contributed by atoms with van der Waals surface area (Å²) in [5, 5.41) is 28.0. The maximum Gasteiger partial charge on any atom is 1.00 e. The molecule has 1 atom stereocenters. The van der Waals surface area contributed by atoms with Gasteiger partial charge in [0.2, 0.25) is 5.91 Å². The van der Waals surface area contributed by atoms with Crippen molar-refractivity contribution < 1.29 is 97.7 Å². The number of carbonyl (C=O) groups is 5. The summed E-state index contributed by atoms with van der Waals surface area (Å²) in [5.41, 5.74) is -0.281. The topological polar surface area (TPSA) is 187 Å². The van der Waals surface area contributed by atoms with Crippen LogP contribution in [-0.2, 0) is 11.2 Å². The zero-order valence-corrected chi connectivity index (χ0v) is 31.5. The van der Waals surface area contributed by atoms with Gasteiger partial charge in [0.25, 0.3) is 11.8 Å². The van der Waals surface area contributed by atoms with Gasteiger partial charge >= 0.3 is 59.1 Å². The third-order valence-electron chi connectivity index (χ3n) is 8.40. The number of imidazole rings is 1. The molecule has 0 radical (unpaired) electrons. The number of rotatable bonds is 10. The standard InChI is InChI=1S/C34H34FN5O7.2Na/c1-40(23-9-4-2-3-5-10-23)32(43)25-17-28-27(36-18-37-28)16-24(25)30(41)39-29(15-19-8-6-7-11-26(19)35)31(42)38-22-13-20(33(44)45)12-21(14-22)34(46)47;;/h6-8,11-14,16-18,23,29H,2-5,9-10,15H2,1H3,(H,36,37)(H,38,42)(H,39,41)(H,44,45)(H,46,47);;/q;2*+1/p-2.